The Morgan fingerprint density at radius 2 is 0.664 bits per heavy atom. The number of nitrogen functional groups attached to an aromatic ring is 6. The number of hydrogen-bond acceptors (Lipinski definition) is 42. The minimum absolute atomic E-state index is 0.0114. The van der Waals surface area contributed by atoms with Gasteiger partial charge in [-0.3, -0.25) is 70.2 Å². The highest BCUT2D eigenvalue weighted by molar-refractivity contribution is 8.44. The zero-order valence-electron chi connectivity index (χ0n) is 67.3. The molecule has 0 radical (unpaired) electrons. The summed E-state index contributed by atoms with van der Waals surface area (Å²) in [6.07, 6.45) is -22.0. The van der Waals surface area contributed by atoms with Gasteiger partial charge in [0.15, 0.2) is 102 Å². The SMILES string of the molecule is Nc1nc2c(ncn2[C@@H]2O[C@@H]3COP(=O)(S)O[C@H]4[C@H](F)[C@H](n5ccc6c(N)ccnc65)O[C@@H]4COP(O)(=S)O[C@@H]2[C@H]3F)c(=O)[nH]1.Nc1nc2c(ncn2[C@@H]2O[C@@H]3COP(O)(=S)O[C@H]4[C@H](F)[C@H](n5ccc6c(N)ccnc65)O[C@@H]4COP(O)(=S)O[C@@H]2C3)c(=O)[nH]1.Nc1nc2c(ncn2[C@@H]2O[C@@H]3COP(O)(=S)O[C@H]4[C@H](F)[C@H](n5ccc6c(N)ccnc65)O[C@@H]4COP(O)(=S)O[C@@H]2[C@H]3F)c(=O)[nH]1. The van der Waals surface area contributed by atoms with Crippen molar-refractivity contribution in [2.45, 2.75) is 148 Å². The number of nitrogens with one attached hydrogen (secondary N) is 3. The molecule has 21 heterocycles. The van der Waals surface area contributed by atoms with Gasteiger partial charge < -0.3 is 128 Å². The Morgan fingerprint density at radius 3 is 1.03 bits per heavy atom. The number of halogens is 5. The number of thiol groups is 1. The number of nitrogens with two attached hydrogens (primary N) is 6. The summed E-state index contributed by atoms with van der Waals surface area (Å²) in [5.41, 5.74) is 35.1. The van der Waals surface area contributed by atoms with E-state index in [0.717, 1.165) is 17.2 Å². The van der Waals surface area contributed by atoms with Gasteiger partial charge in [-0.05, 0) is 95.4 Å². The smallest absolute Gasteiger partial charge is 0.386 e. The fraction of sp³-hybridized carbons (Fsp3) is 0.455. The first-order valence-electron chi connectivity index (χ1n) is 39.4. The molecule has 720 valence electrons. The highest BCUT2D eigenvalue weighted by atomic mass is 32.7. The van der Waals surface area contributed by atoms with Crippen LogP contribution in [-0.4, -0.2) is 255 Å². The Hall–Kier alpha value is -7.52. The van der Waals surface area contributed by atoms with Crippen LogP contribution in [0.3, 0.4) is 0 Å². The molecule has 9 aliphatic rings. The molecule has 6 unspecified atom stereocenters. The number of imidazole rings is 3. The van der Waals surface area contributed by atoms with Crippen molar-refractivity contribution in [3.05, 3.63) is 124 Å². The van der Waals surface area contributed by atoms with Gasteiger partial charge in [-0.25, -0.2) is 56.4 Å². The molecule has 134 heavy (non-hydrogen) atoms. The van der Waals surface area contributed by atoms with Crippen molar-refractivity contribution in [3.63, 3.8) is 0 Å². The lowest BCUT2D eigenvalue weighted by molar-refractivity contribution is -0.0598. The number of anilines is 6. The Labute approximate surface area is 774 Å². The number of H-pyrrole nitrogens is 3. The summed E-state index contributed by atoms with van der Waals surface area (Å²) in [7, 11) is 0. The zero-order valence-corrected chi connectivity index (χ0v) is 77.7. The molecule has 9 fully saturated rings. The van der Waals surface area contributed by atoms with Crippen LogP contribution in [0.5, 0.6) is 0 Å². The number of rotatable bonds is 6. The molecule has 0 amide bonds. The standard InChI is InChI=1S/2C22H24F2N8O9P2S2.C22H25FN8O9P2S2/c2*23-12-10-5-36-42(34,44)40-15-11(39-20(13(15)24)31-4-2-8-9(25)1-3-27-17(8)31)6-37-43(35,45)41-16(12)21(38-10)32-7-28-14-18(32)29-22(26)30-19(14)33;23-14-16-13(38-21(14)30-4-2-10-11(24)1-3-26-17(10)30)7-36-41(33,43)39-12-5-9(6-35-42(34,44)40-16)37-20(12)31-8-27-15-18(31)28-22(25)29-19(15)32/h2*1-4,7,10-13,15-16,20-21H,5-6H2,(H2,25,27)(H,34,44)(H,35,45)(H3,26,29,30,33);1-4,8-9,12-14,16,20-21H,5-7H2,(H2,24,26)(H,33,43)(H,34,44)(H3,25,28,29,32)/t2*10-,11-,12+,13+,15-,16-,20-,21-,42?,43?;9-,12+,13+,14-,16+,20+,21+,41?,42?/m110/s1. The van der Waals surface area contributed by atoms with E-state index in [1.54, 1.807) is 42.6 Å². The van der Waals surface area contributed by atoms with E-state index in [-0.39, 0.29) is 64.4 Å². The van der Waals surface area contributed by atoms with Crippen LogP contribution in [0.4, 0.5) is 56.9 Å². The first-order valence-corrected chi connectivity index (χ1v) is 55.1. The summed E-state index contributed by atoms with van der Waals surface area (Å²) in [5.74, 6) is -0.659. The Morgan fingerprint density at radius 1 is 0.358 bits per heavy atom. The molecule has 0 aromatic carbocycles. The average molecular weight is 2110 g/mol. The summed E-state index contributed by atoms with van der Waals surface area (Å²) in [6, 6.07) is 9.68. The van der Waals surface area contributed by atoms with Crippen molar-refractivity contribution in [1.82, 2.24) is 87.2 Å². The minimum Gasteiger partial charge on any atom is -0.398 e. The maximum atomic E-state index is 16.0. The largest absolute Gasteiger partial charge is 0.398 e. The quantitative estimate of drug-likeness (QED) is 0.0634. The monoisotopic (exact) mass is 2110 g/mol. The van der Waals surface area contributed by atoms with E-state index in [9.17, 15) is 43.4 Å². The van der Waals surface area contributed by atoms with E-state index in [2.05, 4.69) is 72.1 Å². The van der Waals surface area contributed by atoms with Crippen molar-refractivity contribution in [2.24, 2.45) is 0 Å². The normalized spacial score (nSPS) is 37.3. The molecule has 21 rings (SSSR count). The lowest BCUT2D eigenvalue weighted by atomic mass is 10.1. The van der Waals surface area contributed by atoms with Gasteiger partial charge in [-0.15, -0.1) is 0 Å². The topological polar surface area (TPSA) is 685 Å². The third-order valence-electron chi connectivity index (χ3n) is 22.4. The summed E-state index contributed by atoms with van der Waals surface area (Å²) in [6.45, 7) is -29.0. The van der Waals surface area contributed by atoms with Crippen molar-refractivity contribution < 1.29 is 134 Å². The number of hydrogen-bond donors (Lipinski definition) is 15. The molecule has 6 bridgehead atoms. The van der Waals surface area contributed by atoms with Gasteiger partial charge in [0.1, 0.15) is 84.1 Å². The second kappa shape index (κ2) is 36.6. The van der Waals surface area contributed by atoms with E-state index in [1.807, 2.05) is 0 Å². The minimum atomic E-state index is -4.43. The van der Waals surface area contributed by atoms with Gasteiger partial charge in [-0.2, -0.15) is 15.0 Å². The fourth-order valence-corrected chi connectivity index (χ4v) is 25.0. The number of alkyl halides is 5. The molecule has 20 N–H and O–H groups in total. The molecule has 51 nitrogen and oxygen atoms in total. The number of ether oxygens (including phenoxy) is 6. The molecule has 12 aromatic rings. The highest BCUT2D eigenvalue weighted by Gasteiger charge is 2.58. The Balaban J connectivity index is 0.000000129. The lowest BCUT2D eigenvalue weighted by Crippen LogP contribution is -2.34. The Kier molecular flexibility index (Phi) is 26.1. The van der Waals surface area contributed by atoms with Crippen LogP contribution in [0.2, 0.25) is 0 Å². The predicted octanol–water partition coefficient (Wildman–Crippen LogP) is 4.04. The maximum Gasteiger partial charge on any atom is 0.386 e. The van der Waals surface area contributed by atoms with E-state index in [1.165, 1.54) is 60.1 Å². The van der Waals surface area contributed by atoms with Gasteiger partial charge in [-0.1, -0.05) is 12.2 Å². The molecule has 9 saturated heterocycles. The predicted molar refractivity (Wildman–Crippen MR) is 477 cm³/mol. The third kappa shape index (κ3) is 18.7. The van der Waals surface area contributed by atoms with E-state index in [4.69, 9.17) is 176 Å². The third-order valence-corrected chi connectivity index (χ3v) is 31.8. The van der Waals surface area contributed by atoms with Crippen molar-refractivity contribution >= 4 is 213 Å². The van der Waals surface area contributed by atoms with E-state index < -0.39 is 232 Å². The van der Waals surface area contributed by atoms with Gasteiger partial charge in [0.2, 0.25) is 17.8 Å². The first kappa shape index (κ1) is 95.4. The van der Waals surface area contributed by atoms with Crippen LogP contribution >= 0.6 is 52.6 Å². The van der Waals surface area contributed by atoms with Crippen LogP contribution in [-0.2, 0) is 146 Å². The summed E-state index contributed by atoms with van der Waals surface area (Å²) in [4.78, 5) is 136. The second-order valence-electron chi connectivity index (χ2n) is 30.9. The second-order valence-corrected chi connectivity index (χ2v) is 47.7. The Bertz CT molecular complexity index is 6830. The number of aromatic nitrogens is 18. The van der Waals surface area contributed by atoms with Gasteiger partial charge in [0.25, 0.3) is 16.7 Å². The molecule has 68 heteroatoms. The molecular weight excluding hydrogens is 2030 g/mol. The van der Waals surface area contributed by atoms with Crippen LogP contribution in [0, 0.1) is 0 Å². The number of aromatic amines is 3. The van der Waals surface area contributed by atoms with E-state index >= 15 is 22.0 Å². The number of nitrogens with zero attached hydrogens (tertiary/aromatic N) is 15. The van der Waals surface area contributed by atoms with Crippen molar-refractivity contribution in [3.8, 4) is 0 Å². The molecule has 0 aliphatic carbocycles. The van der Waals surface area contributed by atoms with Crippen LogP contribution in [0.1, 0.15) is 43.8 Å². The van der Waals surface area contributed by atoms with Crippen LogP contribution in [0.15, 0.2) is 107 Å². The lowest BCUT2D eigenvalue weighted by Gasteiger charge is -2.27. The molecule has 0 saturated carbocycles. The zero-order chi connectivity index (χ0) is 94.6. The first-order chi connectivity index (χ1) is 63.5. The summed E-state index contributed by atoms with van der Waals surface area (Å²) in [5, 5.41) is 1.66. The van der Waals surface area contributed by atoms with Gasteiger partial charge >= 0.3 is 40.4 Å². The van der Waals surface area contributed by atoms with Crippen molar-refractivity contribution in [2.75, 3.05) is 74.0 Å². The number of fused-ring (bicyclic) bond motifs is 15. The fourth-order valence-electron chi connectivity index (χ4n) is 16.4. The van der Waals surface area contributed by atoms with Gasteiger partial charge in [0.05, 0.1) is 64.7 Å². The highest BCUT2D eigenvalue weighted by Crippen LogP contribution is 2.61. The molecule has 12 aromatic heterocycles. The van der Waals surface area contributed by atoms with Crippen LogP contribution in [0.25, 0.3) is 66.6 Å². The number of pyridine rings is 3. The molecular formula is C66H73F5N24O27P6S6. The molecule has 9 aliphatic heterocycles. The van der Waals surface area contributed by atoms with Crippen LogP contribution < -0.4 is 51.1 Å². The average Bonchev–Trinajstić information content (AvgIpc) is 1.61. The molecule has 0 spiro atoms. The summed E-state index contributed by atoms with van der Waals surface area (Å²) < 4.78 is 203. The molecule has 29 atom stereocenters. The van der Waals surface area contributed by atoms with Crippen molar-refractivity contribution in [1.29, 1.82) is 0 Å². The van der Waals surface area contributed by atoms with E-state index in [0.29, 0.717) is 50.2 Å². The van der Waals surface area contributed by atoms with Gasteiger partial charge in [0, 0.05) is 76.8 Å². The maximum absolute atomic E-state index is 16.0. The summed E-state index contributed by atoms with van der Waals surface area (Å²) >= 11 is 30.0.